The van der Waals surface area contributed by atoms with E-state index >= 15 is 0 Å². The minimum atomic E-state index is -0.725. The molecule has 0 bridgehead atoms. The van der Waals surface area contributed by atoms with Crippen LogP contribution in [0.3, 0.4) is 0 Å². The Kier molecular flexibility index (Phi) is 26.7. The third kappa shape index (κ3) is 28.2. The number of hydrogen-bond donors (Lipinski definition) is 3. The van der Waals surface area contributed by atoms with Gasteiger partial charge in [-0.15, -0.1) is 6.42 Å². The summed E-state index contributed by atoms with van der Waals surface area (Å²) in [5.41, 5.74) is 0. The van der Waals surface area contributed by atoms with Gasteiger partial charge < -0.3 is 15.3 Å². The lowest BCUT2D eigenvalue weighted by Crippen LogP contribution is -2.01. The summed E-state index contributed by atoms with van der Waals surface area (Å²) >= 11 is 0. The summed E-state index contributed by atoms with van der Waals surface area (Å²) in [6.07, 6.45) is 35.4. The van der Waals surface area contributed by atoms with E-state index in [9.17, 15) is 10.2 Å². The fourth-order valence-corrected chi connectivity index (χ4v) is 3.86. The fourth-order valence-electron chi connectivity index (χ4n) is 3.86. The van der Waals surface area contributed by atoms with Gasteiger partial charge in [0.15, 0.2) is 0 Å². The van der Waals surface area contributed by atoms with E-state index in [1.165, 1.54) is 96.3 Å². The average molecular weight is 483 g/mol. The van der Waals surface area contributed by atoms with Crippen LogP contribution < -0.4 is 0 Å². The second kappa shape index (κ2) is 28.3. The van der Waals surface area contributed by atoms with Crippen molar-refractivity contribution in [2.45, 2.75) is 134 Å². The summed E-state index contributed by atoms with van der Waals surface area (Å²) < 4.78 is 0. The monoisotopic (exact) mass is 482 g/mol. The van der Waals surface area contributed by atoms with E-state index in [-0.39, 0.29) is 6.61 Å². The van der Waals surface area contributed by atoms with Gasteiger partial charge in [0.2, 0.25) is 0 Å². The van der Waals surface area contributed by atoms with E-state index in [1.54, 1.807) is 6.08 Å². The van der Waals surface area contributed by atoms with Crippen LogP contribution >= 0.6 is 0 Å². The molecule has 3 N–H and O–H groups in total. The van der Waals surface area contributed by atoms with Crippen LogP contribution in [-0.2, 0) is 0 Å². The molecule has 0 fully saturated rings. The van der Waals surface area contributed by atoms with Crippen molar-refractivity contribution in [3.05, 3.63) is 24.3 Å². The summed E-state index contributed by atoms with van der Waals surface area (Å²) in [7, 11) is 0. The molecule has 0 saturated carbocycles. The predicted molar refractivity (Wildman–Crippen MR) is 149 cm³/mol. The van der Waals surface area contributed by atoms with Crippen LogP contribution in [-0.4, -0.2) is 34.1 Å². The minimum Gasteiger partial charge on any atom is -0.384 e. The van der Waals surface area contributed by atoms with Gasteiger partial charge in [-0.05, 0) is 69.3 Å². The highest BCUT2D eigenvalue weighted by Gasteiger charge is 1.99. The van der Waals surface area contributed by atoms with Gasteiger partial charge in [0.1, 0.15) is 18.8 Å². The van der Waals surface area contributed by atoms with Gasteiger partial charge in [0.05, 0.1) is 0 Å². The topological polar surface area (TPSA) is 60.7 Å². The number of rotatable bonds is 22. The van der Waals surface area contributed by atoms with E-state index in [0.717, 1.165) is 19.3 Å². The molecule has 2 unspecified atom stereocenters. The number of allylic oxidation sites excluding steroid dienone is 3. The van der Waals surface area contributed by atoms with E-state index < -0.39 is 12.2 Å². The second-order valence-corrected chi connectivity index (χ2v) is 9.21. The lowest BCUT2D eigenvalue weighted by molar-refractivity contribution is 0.217. The number of aliphatic hydroxyl groups excluding tert-OH is 3. The van der Waals surface area contributed by atoms with E-state index in [1.807, 2.05) is 6.08 Å². The molecule has 0 aromatic heterocycles. The smallest absolute Gasteiger partial charge is 0.133 e. The Morgan fingerprint density at radius 2 is 1.06 bits per heavy atom. The Labute approximate surface area is 216 Å². The Morgan fingerprint density at radius 1 is 0.600 bits per heavy atom. The van der Waals surface area contributed by atoms with Crippen molar-refractivity contribution in [3.8, 4) is 36.0 Å². The van der Waals surface area contributed by atoms with Crippen molar-refractivity contribution in [1.29, 1.82) is 0 Å². The molecule has 0 aliphatic rings. The Hall–Kier alpha value is -1.96. The van der Waals surface area contributed by atoms with Crippen molar-refractivity contribution in [2.24, 2.45) is 0 Å². The first kappa shape index (κ1) is 33.0. The molecule has 3 nitrogen and oxygen atoms in total. The largest absolute Gasteiger partial charge is 0.384 e. The molecule has 0 aliphatic carbocycles. The molecule has 2 atom stereocenters. The summed E-state index contributed by atoms with van der Waals surface area (Å²) in [5.74, 6) is 12.5. The Morgan fingerprint density at radius 3 is 1.54 bits per heavy atom. The molecular formula is C32H50O3. The van der Waals surface area contributed by atoms with Crippen LogP contribution in [0.2, 0.25) is 0 Å². The number of terminal acetylenes is 1. The van der Waals surface area contributed by atoms with Crippen LogP contribution in [0.15, 0.2) is 24.3 Å². The van der Waals surface area contributed by atoms with E-state index in [2.05, 4.69) is 41.8 Å². The maximum Gasteiger partial charge on any atom is 0.133 e. The average Bonchev–Trinajstić information content (AvgIpc) is 2.86. The molecule has 0 heterocycles. The molecule has 0 aromatic rings. The normalized spacial score (nSPS) is 12.6. The molecule has 0 amide bonds. The molecule has 0 spiro atoms. The second-order valence-electron chi connectivity index (χ2n) is 9.21. The maximum atomic E-state index is 9.71. The van der Waals surface area contributed by atoms with Crippen molar-refractivity contribution < 1.29 is 15.3 Å². The van der Waals surface area contributed by atoms with Crippen molar-refractivity contribution >= 4 is 0 Å². The summed E-state index contributed by atoms with van der Waals surface area (Å²) in [4.78, 5) is 0. The van der Waals surface area contributed by atoms with Gasteiger partial charge in [0.25, 0.3) is 0 Å². The molecule has 196 valence electrons. The number of unbranched alkanes of at least 4 members (excludes halogenated alkanes) is 16. The lowest BCUT2D eigenvalue weighted by Gasteiger charge is -2.03. The first-order valence-corrected chi connectivity index (χ1v) is 13.9. The van der Waals surface area contributed by atoms with Crippen molar-refractivity contribution in [3.63, 3.8) is 0 Å². The van der Waals surface area contributed by atoms with Crippen LogP contribution in [0, 0.1) is 36.0 Å². The zero-order chi connectivity index (χ0) is 25.7. The Balaban J connectivity index is 3.27. The van der Waals surface area contributed by atoms with Gasteiger partial charge in [-0.3, -0.25) is 0 Å². The minimum absolute atomic E-state index is 0.189. The summed E-state index contributed by atoms with van der Waals surface area (Å²) in [6, 6.07) is 0. The fraction of sp³-hybridized carbons (Fsp3) is 0.688. The van der Waals surface area contributed by atoms with E-state index in [4.69, 9.17) is 11.5 Å². The zero-order valence-corrected chi connectivity index (χ0v) is 22.0. The predicted octanol–water partition coefficient (Wildman–Crippen LogP) is 6.86. The van der Waals surface area contributed by atoms with Gasteiger partial charge >= 0.3 is 0 Å². The first-order chi connectivity index (χ1) is 17.2. The highest BCUT2D eigenvalue weighted by Crippen LogP contribution is 2.13. The molecule has 0 aromatic carbocycles. The van der Waals surface area contributed by atoms with Crippen LogP contribution in [0.25, 0.3) is 0 Å². The summed E-state index contributed by atoms with van der Waals surface area (Å²) in [6.45, 7) is -0.189. The Bertz CT molecular complexity index is 678. The third-order valence-corrected chi connectivity index (χ3v) is 5.96. The van der Waals surface area contributed by atoms with Crippen LogP contribution in [0.4, 0.5) is 0 Å². The van der Waals surface area contributed by atoms with Gasteiger partial charge in [-0.1, -0.05) is 107 Å². The molecule has 0 saturated heterocycles. The van der Waals surface area contributed by atoms with Crippen LogP contribution in [0.5, 0.6) is 0 Å². The molecule has 0 aliphatic heterocycles. The molecule has 35 heavy (non-hydrogen) atoms. The standard InChI is InChI=1S/C32H50O3/c1-2-31(34)27-23-20-18-16-14-12-10-8-6-4-3-5-7-9-11-13-15-17-19-21-24-28-32(35)29-25-22-26-30-33/h1,5,7,23,27,31-35H,3-4,6,8-21,24,28,30H2. The van der Waals surface area contributed by atoms with Crippen molar-refractivity contribution in [2.75, 3.05) is 6.61 Å². The zero-order valence-electron chi connectivity index (χ0n) is 22.0. The summed E-state index contributed by atoms with van der Waals surface area (Å²) in [5, 5.41) is 27.5. The van der Waals surface area contributed by atoms with E-state index in [0.29, 0.717) is 6.42 Å². The number of hydrogen-bond acceptors (Lipinski definition) is 3. The highest BCUT2D eigenvalue weighted by molar-refractivity contribution is 5.27. The van der Waals surface area contributed by atoms with Gasteiger partial charge in [-0.2, -0.15) is 0 Å². The SMILES string of the molecule is C#CC(O)C=CCCCCCCCCCCC=CCCCCCCCCCC(O)C#CC#CCO. The lowest BCUT2D eigenvalue weighted by atomic mass is 10.0. The molecular weight excluding hydrogens is 432 g/mol. The van der Waals surface area contributed by atoms with Gasteiger partial charge in [0, 0.05) is 0 Å². The van der Waals surface area contributed by atoms with Crippen molar-refractivity contribution in [1.82, 2.24) is 0 Å². The number of aliphatic hydroxyl groups is 3. The molecule has 3 heteroatoms. The third-order valence-electron chi connectivity index (χ3n) is 5.96. The van der Waals surface area contributed by atoms with Gasteiger partial charge in [-0.25, -0.2) is 0 Å². The van der Waals surface area contributed by atoms with Crippen LogP contribution in [0.1, 0.15) is 122 Å². The highest BCUT2D eigenvalue weighted by atomic mass is 16.3. The maximum absolute atomic E-state index is 9.71. The quantitative estimate of drug-likeness (QED) is 0.0897. The first-order valence-electron chi connectivity index (χ1n) is 13.9. The molecule has 0 rings (SSSR count). The molecule has 0 radical (unpaired) electrons.